The van der Waals surface area contributed by atoms with Gasteiger partial charge in [-0.05, 0) is 65.3 Å². The number of amides is 3. The molecule has 0 aliphatic carbocycles. The Hall–Kier alpha value is -3.84. The second-order valence-corrected chi connectivity index (χ2v) is 11.7. The molecule has 2 aromatic carbocycles. The van der Waals surface area contributed by atoms with Gasteiger partial charge in [0.25, 0.3) is 11.8 Å². The van der Waals surface area contributed by atoms with E-state index in [2.05, 4.69) is 10.9 Å². The van der Waals surface area contributed by atoms with E-state index in [0.29, 0.717) is 19.1 Å². The fraction of sp³-hybridized carbons (Fsp3) is 0.500. The summed E-state index contributed by atoms with van der Waals surface area (Å²) in [6.07, 6.45) is -5.28. The summed E-state index contributed by atoms with van der Waals surface area (Å²) in [5, 5.41) is 0. The van der Waals surface area contributed by atoms with E-state index in [4.69, 9.17) is 18.9 Å². The van der Waals surface area contributed by atoms with Gasteiger partial charge in [-0.25, -0.2) is 4.79 Å². The largest absolute Gasteiger partial charge is 0.493 e. The van der Waals surface area contributed by atoms with Gasteiger partial charge in [0.1, 0.15) is 22.6 Å². The van der Waals surface area contributed by atoms with Crippen molar-refractivity contribution in [2.75, 3.05) is 19.8 Å². The molecule has 0 spiro atoms. The summed E-state index contributed by atoms with van der Waals surface area (Å²) in [7, 11) is 0. The number of alkyl halides is 3. The van der Waals surface area contributed by atoms with Gasteiger partial charge in [-0.2, -0.15) is 13.2 Å². The maximum Gasteiger partial charge on any atom is 0.419 e. The summed E-state index contributed by atoms with van der Waals surface area (Å²) in [5.41, 5.74) is 0.0902. The van der Waals surface area contributed by atoms with Crippen molar-refractivity contribution in [2.24, 2.45) is 0 Å². The zero-order valence-corrected chi connectivity index (χ0v) is 25.1. The molecule has 1 heterocycles. The van der Waals surface area contributed by atoms with Crippen molar-refractivity contribution in [3.8, 4) is 5.75 Å². The van der Waals surface area contributed by atoms with Gasteiger partial charge in [-0.3, -0.25) is 25.3 Å². The summed E-state index contributed by atoms with van der Waals surface area (Å²) < 4.78 is 63.4. The molecule has 1 aliphatic heterocycles. The average Bonchev–Trinajstić information content (AvgIpc) is 3.17. The molecule has 1 aliphatic rings. The van der Waals surface area contributed by atoms with Crippen LogP contribution in [0.3, 0.4) is 0 Å². The van der Waals surface area contributed by atoms with Gasteiger partial charge in [0, 0.05) is 12.0 Å². The number of ether oxygens (including phenoxy) is 4. The molecule has 1 fully saturated rings. The zero-order chi connectivity index (χ0) is 32.1. The lowest BCUT2D eigenvalue weighted by atomic mass is 10.0. The molecule has 43 heavy (non-hydrogen) atoms. The monoisotopic (exact) mass is 609 g/mol. The lowest BCUT2D eigenvalue weighted by molar-refractivity contribution is -0.139. The predicted molar refractivity (Wildman–Crippen MR) is 150 cm³/mol. The number of nitrogens with one attached hydrogen (secondary N) is 2. The lowest BCUT2D eigenvalue weighted by Gasteiger charge is -2.39. The van der Waals surface area contributed by atoms with Gasteiger partial charge in [-0.15, -0.1) is 0 Å². The van der Waals surface area contributed by atoms with Crippen LogP contribution in [0.5, 0.6) is 5.75 Å². The maximum atomic E-state index is 13.8. The van der Waals surface area contributed by atoms with Crippen LogP contribution in [0.1, 0.15) is 69.4 Å². The first-order valence-corrected chi connectivity index (χ1v) is 13.7. The summed E-state index contributed by atoms with van der Waals surface area (Å²) >= 11 is 0. The third-order valence-corrected chi connectivity index (χ3v) is 6.44. The molecule has 0 radical (unpaired) electrons. The van der Waals surface area contributed by atoms with Crippen molar-refractivity contribution in [3.05, 3.63) is 65.2 Å². The average molecular weight is 610 g/mol. The Balaban J connectivity index is 1.61. The topological polar surface area (TPSA) is 115 Å². The summed E-state index contributed by atoms with van der Waals surface area (Å²) in [6.45, 7) is 9.98. The number of benzene rings is 2. The number of hydrogen-bond acceptors (Lipinski definition) is 7. The third-order valence-electron chi connectivity index (χ3n) is 6.44. The Morgan fingerprint density at radius 1 is 0.977 bits per heavy atom. The molecule has 236 valence electrons. The smallest absolute Gasteiger partial charge is 0.419 e. The molecule has 2 aromatic rings. The molecule has 0 aromatic heterocycles. The Morgan fingerprint density at radius 2 is 1.65 bits per heavy atom. The number of rotatable bonds is 9. The van der Waals surface area contributed by atoms with Crippen LogP contribution in [0.15, 0.2) is 48.5 Å². The molecule has 0 unspecified atom stereocenters. The zero-order valence-electron chi connectivity index (χ0n) is 25.1. The molecule has 10 nitrogen and oxygen atoms in total. The van der Waals surface area contributed by atoms with Gasteiger partial charge in [0.15, 0.2) is 0 Å². The molecular formula is C30H38F3N3O7. The molecule has 0 bridgehead atoms. The van der Waals surface area contributed by atoms with Crippen molar-refractivity contribution in [1.29, 1.82) is 0 Å². The van der Waals surface area contributed by atoms with Crippen molar-refractivity contribution in [2.45, 2.75) is 77.6 Å². The van der Waals surface area contributed by atoms with Gasteiger partial charge in [0.2, 0.25) is 0 Å². The first-order valence-electron chi connectivity index (χ1n) is 13.7. The predicted octanol–water partition coefficient (Wildman–Crippen LogP) is 5.21. The highest BCUT2D eigenvalue weighted by Gasteiger charge is 2.57. The third kappa shape index (κ3) is 8.83. The Morgan fingerprint density at radius 3 is 2.28 bits per heavy atom. The van der Waals surface area contributed by atoms with Crippen LogP contribution in [0.2, 0.25) is 0 Å². The van der Waals surface area contributed by atoms with Crippen LogP contribution >= 0.6 is 0 Å². The molecule has 2 N–H and O–H groups in total. The lowest BCUT2D eigenvalue weighted by Crippen LogP contribution is -2.63. The van der Waals surface area contributed by atoms with E-state index in [0.717, 1.165) is 22.6 Å². The second kappa shape index (κ2) is 13.2. The van der Waals surface area contributed by atoms with E-state index in [9.17, 15) is 27.6 Å². The standard InChI is InChI=1S/C30H38F3N3O7/c1-27(2,3)43-26(39)36-28(4,5)42-19-29(36,6)25(38)35-34-24(37)21-13-14-23(22(17-21)30(31,32)33)41-16-10-15-40-18-20-11-8-7-9-12-20/h7-9,11-14,17H,10,15-16,18-19H2,1-6H3,(H,34,37)(H,35,38)/t29-/m1/s1. The highest BCUT2D eigenvalue weighted by atomic mass is 19.4. The highest BCUT2D eigenvalue weighted by molar-refractivity contribution is 5.97. The van der Waals surface area contributed by atoms with Crippen molar-refractivity contribution >= 4 is 17.9 Å². The van der Waals surface area contributed by atoms with Gasteiger partial charge in [-0.1, -0.05) is 30.3 Å². The first kappa shape index (κ1) is 33.7. The van der Waals surface area contributed by atoms with E-state index < -0.39 is 52.3 Å². The Labute approximate surface area is 248 Å². The number of carbonyl (C=O) groups is 3. The van der Waals surface area contributed by atoms with Gasteiger partial charge < -0.3 is 18.9 Å². The summed E-state index contributed by atoms with van der Waals surface area (Å²) in [6, 6.07) is 12.3. The summed E-state index contributed by atoms with van der Waals surface area (Å²) in [4.78, 5) is 40.0. The molecular weight excluding hydrogens is 571 g/mol. The van der Waals surface area contributed by atoms with Crippen LogP contribution in [0, 0.1) is 0 Å². The van der Waals surface area contributed by atoms with E-state index >= 15 is 0 Å². The van der Waals surface area contributed by atoms with Gasteiger partial charge >= 0.3 is 12.3 Å². The van der Waals surface area contributed by atoms with Crippen molar-refractivity contribution < 1.29 is 46.5 Å². The second-order valence-electron chi connectivity index (χ2n) is 11.7. The van der Waals surface area contributed by atoms with Crippen molar-refractivity contribution in [1.82, 2.24) is 15.8 Å². The minimum Gasteiger partial charge on any atom is -0.493 e. The molecule has 3 amide bonds. The SMILES string of the molecule is CC(C)(C)OC(=O)N1C(C)(C)OC[C@]1(C)C(=O)NNC(=O)c1ccc(OCCCOCc2ccccc2)c(C(F)(F)F)c1. The van der Waals surface area contributed by atoms with Crippen LogP contribution in [0.25, 0.3) is 0 Å². The maximum absolute atomic E-state index is 13.8. The number of carbonyl (C=O) groups excluding carboxylic acids is 3. The van der Waals surface area contributed by atoms with E-state index in [1.807, 2.05) is 30.3 Å². The van der Waals surface area contributed by atoms with E-state index in [1.54, 1.807) is 34.6 Å². The van der Waals surface area contributed by atoms with Crippen LogP contribution < -0.4 is 15.6 Å². The first-order chi connectivity index (χ1) is 19.9. The Kier molecular flexibility index (Phi) is 10.3. The molecule has 0 saturated carbocycles. The van der Waals surface area contributed by atoms with Crippen LogP contribution in [0.4, 0.5) is 18.0 Å². The van der Waals surface area contributed by atoms with Crippen molar-refractivity contribution in [3.63, 3.8) is 0 Å². The molecule has 13 heteroatoms. The number of nitrogens with zero attached hydrogens (tertiary/aromatic N) is 1. The summed E-state index contributed by atoms with van der Waals surface area (Å²) in [5.74, 6) is -2.28. The fourth-order valence-electron chi connectivity index (χ4n) is 4.38. The molecule has 3 rings (SSSR count). The van der Waals surface area contributed by atoms with Crippen LogP contribution in [-0.4, -0.2) is 59.5 Å². The highest BCUT2D eigenvalue weighted by Crippen LogP contribution is 2.38. The number of hydrazine groups is 1. The quantitative estimate of drug-likeness (QED) is 0.296. The molecule has 1 saturated heterocycles. The van der Waals surface area contributed by atoms with Crippen LogP contribution in [-0.2, 0) is 31.8 Å². The number of halogens is 3. The fourth-order valence-corrected chi connectivity index (χ4v) is 4.38. The molecule has 1 atom stereocenters. The Bertz CT molecular complexity index is 1300. The normalized spacial score (nSPS) is 18.2. The van der Waals surface area contributed by atoms with E-state index in [1.165, 1.54) is 6.92 Å². The minimum atomic E-state index is -4.81. The van der Waals surface area contributed by atoms with E-state index in [-0.39, 0.29) is 25.4 Å². The minimum absolute atomic E-state index is 0.0371. The van der Waals surface area contributed by atoms with Gasteiger partial charge in [0.05, 0.1) is 32.0 Å². The number of hydrogen-bond donors (Lipinski definition) is 2.